The number of rotatable bonds is 5. The monoisotopic (exact) mass is 280 g/mol. The second-order valence-electron chi connectivity index (χ2n) is 4.39. The molecular weight excluding hydrogens is 264 g/mol. The van der Waals surface area contributed by atoms with Crippen LogP contribution in [0.2, 0.25) is 0 Å². The van der Waals surface area contributed by atoms with Gasteiger partial charge in [-0.1, -0.05) is 0 Å². The Morgan fingerprint density at radius 2 is 2.25 bits per heavy atom. The Kier molecular flexibility index (Phi) is 4.14. The number of anilines is 2. The zero-order valence-corrected chi connectivity index (χ0v) is 11.3. The number of nitrogens with one attached hydrogen (secondary N) is 1. The third-order valence-electron chi connectivity index (χ3n) is 2.64. The van der Waals surface area contributed by atoms with Crippen LogP contribution in [-0.4, -0.2) is 53.1 Å². The van der Waals surface area contributed by atoms with E-state index in [1.807, 2.05) is 0 Å². The predicted octanol–water partition coefficient (Wildman–Crippen LogP) is -0.496. The highest BCUT2D eigenvalue weighted by molar-refractivity contribution is 6.02. The number of aryl methyl sites for hydroxylation is 1. The zero-order chi connectivity index (χ0) is 14.7. The molecule has 1 aliphatic rings. The Morgan fingerprint density at radius 3 is 2.90 bits per heavy atom. The average Bonchev–Trinajstić information content (AvgIpc) is 2.39. The maximum atomic E-state index is 11.9. The maximum absolute atomic E-state index is 11.9. The fourth-order valence-corrected chi connectivity index (χ4v) is 1.87. The standard InChI is InChI=1S/C12H16N4O4/c1-7(18)5-16-9(19)6-20-10-11(13-3-4-17)14-8(2)15-12(10)16/h17H,3-6H2,1-2H3,(H,13,14,15). The molecular formula is C12H16N4O4. The fourth-order valence-electron chi connectivity index (χ4n) is 1.87. The van der Waals surface area contributed by atoms with Gasteiger partial charge in [0.15, 0.2) is 18.2 Å². The van der Waals surface area contributed by atoms with Crippen LogP contribution in [0.5, 0.6) is 5.75 Å². The van der Waals surface area contributed by atoms with Gasteiger partial charge in [-0.3, -0.25) is 14.5 Å². The third kappa shape index (κ3) is 2.85. The maximum Gasteiger partial charge on any atom is 0.266 e. The first kappa shape index (κ1) is 14.2. The Morgan fingerprint density at radius 1 is 1.50 bits per heavy atom. The molecule has 1 amide bonds. The summed E-state index contributed by atoms with van der Waals surface area (Å²) >= 11 is 0. The van der Waals surface area contributed by atoms with E-state index in [9.17, 15) is 9.59 Å². The molecule has 0 saturated heterocycles. The van der Waals surface area contributed by atoms with Gasteiger partial charge in [-0.15, -0.1) is 0 Å². The largest absolute Gasteiger partial charge is 0.476 e. The lowest BCUT2D eigenvalue weighted by Crippen LogP contribution is -2.42. The molecule has 1 aliphatic heterocycles. The van der Waals surface area contributed by atoms with E-state index in [1.54, 1.807) is 6.92 Å². The van der Waals surface area contributed by atoms with Crippen LogP contribution >= 0.6 is 0 Å². The number of hydrogen-bond acceptors (Lipinski definition) is 7. The van der Waals surface area contributed by atoms with E-state index >= 15 is 0 Å². The summed E-state index contributed by atoms with van der Waals surface area (Å²) in [6.45, 7) is 3.10. The van der Waals surface area contributed by atoms with Crippen molar-refractivity contribution in [3.05, 3.63) is 5.82 Å². The summed E-state index contributed by atoms with van der Waals surface area (Å²) in [6, 6.07) is 0. The third-order valence-corrected chi connectivity index (χ3v) is 2.64. The second-order valence-corrected chi connectivity index (χ2v) is 4.39. The topological polar surface area (TPSA) is 105 Å². The molecule has 0 atom stereocenters. The number of amides is 1. The summed E-state index contributed by atoms with van der Waals surface area (Å²) in [6.07, 6.45) is 0. The van der Waals surface area contributed by atoms with E-state index in [0.29, 0.717) is 23.9 Å². The molecule has 0 aliphatic carbocycles. The average molecular weight is 280 g/mol. The van der Waals surface area contributed by atoms with Crippen molar-refractivity contribution in [1.29, 1.82) is 0 Å². The number of nitrogens with zero attached hydrogens (tertiary/aromatic N) is 3. The number of fused-ring (bicyclic) bond motifs is 1. The van der Waals surface area contributed by atoms with Gasteiger partial charge < -0.3 is 15.2 Å². The number of carbonyl (C=O) groups is 2. The summed E-state index contributed by atoms with van der Waals surface area (Å²) in [5, 5.41) is 11.8. The molecule has 2 rings (SSSR count). The Labute approximate surface area is 115 Å². The molecule has 1 aromatic heterocycles. The Balaban J connectivity index is 2.42. The molecule has 0 saturated carbocycles. The van der Waals surface area contributed by atoms with E-state index in [-0.39, 0.29) is 37.3 Å². The van der Waals surface area contributed by atoms with Crippen LogP contribution < -0.4 is 15.0 Å². The van der Waals surface area contributed by atoms with Gasteiger partial charge in [0, 0.05) is 6.54 Å². The normalized spacial score (nSPS) is 13.8. The summed E-state index contributed by atoms with van der Waals surface area (Å²) in [7, 11) is 0. The van der Waals surface area contributed by atoms with Crippen molar-refractivity contribution in [1.82, 2.24) is 9.97 Å². The Hall–Kier alpha value is -2.22. The number of carbonyl (C=O) groups excluding carboxylic acids is 2. The summed E-state index contributed by atoms with van der Waals surface area (Å²) in [5.74, 6) is 0.985. The molecule has 0 spiro atoms. The summed E-state index contributed by atoms with van der Waals surface area (Å²) < 4.78 is 5.36. The number of hydrogen-bond donors (Lipinski definition) is 2. The van der Waals surface area contributed by atoms with Crippen molar-refractivity contribution < 1.29 is 19.4 Å². The number of aromatic nitrogens is 2. The SMILES string of the molecule is CC(=O)CN1C(=O)COc2c(NCCO)nc(C)nc21. The minimum atomic E-state index is -0.320. The molecule has 0 unspecified atom stereocenters. The molecule has 0 fully saturated rings. The van der Waals surface area contributed by atoms with E-state index < -0.39 is 0 Å². The smallest absolute Gasteiger partial charge is 0.266 e. The van der Waals surface area contributed by atoms with E-state index in [2.05, 4.69) is 15.3 Å². The molecule has 20 heavy (non-hydrogen) atoms. The first-order valence-corrected chi connectivity index (χ1v) is 6.19. The van der Waals surface area contributed by atoms with Gasteiger partial charge in [0.1, 0.15) is 11.6 Å². The van der Waals surface area contributed by atoms with Crippen molar-refractivity contribution >= 4 is 23.3 Å². The molecule has 108 valence electrons. The number of aliphatic hydroxyl groups excluding tert-OH is 1. The lowest BCUT2D eigenvalue weighted by atomic mass is 10.3. The fraction of sp³-hybridized carbons (Fsp3) is 0.500. The quantitative estimate of drug-likeness (QED) is 0.749. The summed E-state index contributed by atoms with van der Waals surface area (Å²) in [5.41, 5.74) is 0. The molecule has 2 heterocycles. The Bertz CT molecular complexity index is 547. The van der Waals surface area contributed by atoms with E-state index in [4.69, 9.17) is 9.84 Å². The molecule has 0 radical (unpaired) electrons. The van der Waals surface area contributed by atoms with Crippen LogP contribution in [0.1, 0.15) is 12.7 Å². The first-order chi connectivity index (χ1) is 9.52. The van der Waals surface area contributed by atoms with Crippen LogP contribution in [0, 0.1) is 6.92 Å². The van der Waals surface area contributed by atoms with Crippen LogP contribution in [0.15, 0.2) is 0 Å². The van der Waals surface area contributed by atoms with Crippen LogP contribution in [0.25, 0.3) is 0 Å². The highest BCUT2D eigenvalue weighted by atomic mass is 16.5. The van der Waals surface area contributed by atoms with Gasteiger partial charge in [-0.2, -0.15) is 0 Å². The lowest BCUT2D eigenvalue weighted by molar-refractivity contribution is -0.124. The number of ketones is 1. The summed E-state index contributed by atoms with van der Waals surface area (Å²) in [4.78, 5) is 32.8. The number of aliphatic hydroxyl groups is 1. The minimum Gasteiger partial charge on any atom is -0.476 e. The van der Waals surface area contributed by atoms with Crippen LogP contribution in [0.4, 0.5) is 11.6 Å². The van der Waals surface area contributed by atoms with E-state index in [0.717, 1.165) is 0 Å². The molecule has 0 aromatic carbocycles. The van der Waals surface area contributed by atoms with Crippen LogP contribution in [-0.2, 0) is 9.59 Å². The number of ether oxygens (including phenoxy) is 1. The van der Waals surface area contributed by atoms with Gasteiger partial charge in [-0.25, -0.2) is 9.97 Å². The van der Waals surface area contributed by atoms with Crippen molar-refractivity contribution in [2.45, 2.75) is 13.8 Å². The van der Waals surface area contributed by atoms with Gasteiger partial charge in [0.25, 0.3) is 5.91 Å². The second kappa shape index (κ2) is 5.83. The van der Waals surface area contributed by atoms with Gasteiger partial charge in [0.2, 0.25) is 5.75 Å². The van der Waals surface area contributed by atoms with Gasteiger partial charge in [-0.05, 0) is 13.8 Å². The highest BCUT2D eigenvalue weighted by Crippen LogP contribution is 2.35. The van der Waals surface area contributed by atoms with Crippen molar-refractivity contribution in [3.63, 3.8) is 0 Å². The lowest BCUT2D eigenvalue weighted by Gasteiger charge is -2.28. The molecule has 2 N–H and O–H groups in total. The molecule has 1 aromatic rings. The predicted molar refractivity (Wildman–Crippen MR) is 70.9 cm³/mol. The molecule has 8 heteroatoms. The zero-order valence-electron chi connectivity index (χ0n) is 11.3. The first-order valence-electron chi connectivity index (χ1n) is 6.19. The van der Waals surface area contributed by atoms with Crippen molar-refractivity contribution in [2.24, 2.45) is 0 Å². The highest BCUT2D eigenvalue weighted by Gasteiger charge is 2.30. The van der Waals surface area contributed by atoms with Gasteiger partial charge in [0.05, 0.1) is 13.2 Å². The molecule has 0 bridgehead atoms. The van der Waals surface area contributed by atoms with Crippen LogP contribution in [0.3, 0.4) is 0 Å². The van der Waals surface area contributed by atoms with Crippen molar-refractivity contribution in [2.75, 3.05) is 36.5 Å². The van der Waals surface area contributed by atoms with Gasteiger partial charge >= 0.3 is 0 Å². The van der Waals surface area contributed by atoms with E-state index in [1.165, 1.54) is 11.8 Å². The number of Topliss-reactive ketones (excluding diaryl/α,β-unsaturated/α-hetero) is 1. The minimum absolute atomic E-state index is 0.0505. The van der Waals surface area contributed by atoms with Crippen molar-refractivity contribution in [3.8, 4) is 5.75 Å². The molecule has 8 nitrogen and oxygen atoms in total.